The molecule has 0 aromatic heterocycles. The average Bonchev–Trinajstić information content (AvgIpc) is 3.29. The fourth-order valence-corrected chi connectivity index (χ4v) is 8.80. The van der Waals surface area contributed by atoms with Gasteiger partial charge in [0.15, 0.2) is 11.5 Å². The van der Waals surface area contributed by atoms with Gasteiger partial charge in [-0.2, -0.15) is 40.6 Å². The number of benzene rings is 8. The number of nitrogens with two attached hydrogens (primary N) is 4. The van der Waals surface area contributed by atoms with Gasteiger partial charge < -0.3 is 33.1 Å². The zero-order valence-electron chi connectivity index (χ0n) is 35.4. The van der Waals surface area contributed by atoms with Crippen LogP contribution < -0.4 is 22.9 Å². The first-order valence-corrected chi connectivity index (χ1v) is 24.1. The second-order valence-electron chi connectivity index (χ2n) is 15.0. The van der Waals surface area contributed by atoms with E-state index in [2.05, 4.69) is 40.9 Å². The number of hydrogen-bond acceptors (Lipinski definition) is 20. The molecule has 354 valence electrons. The molecule has 8 aromatic carbocycles. The van der Waals surface area contributed by atoms with Gasteiger partial charge in [0.05, 0.1) is 28.4 Å². The Morgan fingerprint density at radius 1 is 0.357 bits per heavy atom. The summed E-state index contributed by atoms with van der Waals surface area (Å²) in [5.41, 5.74) is 24.5. The molecule has 0 unspecified atom stereocenters. The fraction of sp³-hybridized carbons (Fsp3) is 0. The van der Waals surface area contributed by atoms with Gasteiger partial charge in [0, 0.05) is 22.1 Å². The lowest BCUT2D eigenvalue weighted by molar-refractivity contribution is 0.471. The zero-order chi connectivity index (χ0) is 50.3. The lowest BCUT2D eigenvalue weighted by Gasteiger charge is -2.10. The molecule has 13 N–H and O–H groups in total. The van der Waals surface area contributed by atoms with Crippen molar-refractivity contribution in [3.63, 3.8) is 0 Å². The van der Waals surface area contributed by atoms with Crippen molar-refractivity contribution >= 4 is 120 Å². The number of hydrogen-bond donors (Lipinski definition) is 9. The van der Waals surface area contributed by atoms with Crippen LogP contribution >= 0.6 is 0 Å². The normalized spacial score (nSPS) is 12.7. The van der Waals surface area contributed by atoms with Crippen LogP contribution in [0.1, 0.15) is 0 Å². The highest BCUT2D eigenvalue weighted by Crippen LogP contribution is 2.45. The fourth-order valence-electron chi connectivity index (χ4n) is 6.84. The number of nitrogen functional groups attached to an aromatic ring is 4. The van der Waals surface area contributed by atoms with Crippen molar-refractivity contribution in [2.45, 2.75) is 14.7 Å². The van der Waals surface area contributed by atoms with E-state index in [4.69, 9.17) is 22.9 Å². The Balaban J connectivity index is 1.09. The van der Waals surface area contributed by atoms with E-state index in [1.165, 1.54) is 84.9 Å². The van der Waals surface area contributed by atoms with E-state index in [9.17, 15) is 49.1 Å². The molecular formula is C44H34N12O11S3. The number of nitrogens with zero attached hydrogens (tertiary/aromatic N) is 8. The first-order chi connectivity index (χ1) is 33.0. The number of rotatable bonds is 12. The van der Waals surface area contributed by atoms with Crippen LogP contribution in [0.2, 0.25) is 0 Å². The van der Waals surface area contributed by atoms with Crippen LogP contribution in [0.4, 0.5) is 68.2 Å². The Labute approximate surface area is 396 Å². The number of phenolic OH excluding ortho intramolecular Hbond substituents is 2. The van der Waals surface area contributed by atoms with Crippen LogP contribution in [0.15, 0.2) is 183 Å². The van der Waals surface area contributed by atoms with Crippen LogP contribution in [0.3, 0.4) is 0 Å². The molecule has 0 saturated heterocycles. The monoisotopic (exact) mass is 1000 g/mol. The van der Waals surface area contributed by atoms with Crippen LogP contribution in [0.5, 0.6) is 11.5 Å². The highest BCUT2D eigenvalue weighted by atomic mass is 32.2. The van der Waals surface area contributed by atoms with Crippen molar-refractivity contribution in [3.05, 3.63) is 127 Å². The second kappa shape index (κ2) is 18.4. The number of anilines is 4. The van der Waals surface area contributed by atoms with Crippen LogP contribution in [-0.2, 0) is 30.4 Å². The van der Waals surface area contributed by atoms with Gasteiger partial charge in [-0.1, -0.05) is 30.3 Å². The molecule has 0 saturated carbocycles. The Kier molecular flexibility index (Phi) is 12.5. The Hall–Kier alpha value is -8.79. The molecule has 0 aliphatic carbocycles. The highest BCUT2D eigenvalue weighted by Gasteiger charge is 2.25. The minimum Gasteiger partial charge on any atom is -0.505 e. The van der Waals surface area contributed by atoms with Gasteiger partial charge >= 0.3 is 0 Å². The van der Waals surface area contributed by atoms with Crippen molar-refractivity contribution < 1.29 is 49.1 Å². The predicted octanol–water partition coefficient (Wildman–Crippen LogP) is 10.8. The summed E-state index contributed by atoms with van der Waals surface area (Å²) in [5.74, 6) is -1.46. The zero-order valence-corrected chi connectivity index (χ0v) is 37.9. The second-order valence-corrected chi connectivity index (χ2v) is 19.2. The predicted molar refractivity (Wildman–Crippen MR) is 260 cm³/mol. The summed E-state index contributed by atoms with van der Waals surface area (Å²) >= 11 is 0. The number of aromatic hydroxyl groups is 2. The lowest BCUT2D eigenvalue weighted by Crippen LogP contribution is -2.00. The number of azo groups is 4. The number of phenols is 2. The smallest absolute Gasteiger partial charge is 0.296 e. The molecule has 70 heavy (non-hydrogen) atoms. The summed E-state index contributed by atoms with van der Waals surface area (Å²) in [4.78, 5) is -2.43. The summed E-state index contributed by atoms with van der Waals surface area (Å²) in [5, 5.41) is 55.0. The van der Waals surface area contributed by atoms with Crippen LogP contribution in [0.25, 0.3) is 32.7 Å². The summed E-state index contributed by atoms with van der Waals surface area (Å²) in [7, 11) is -15.1. The molecule has 0 spiro atoms. The number of fused-ring (bicyclic) bond motifs is 2. The minimum atomic E-state index is -5.08. The standard InChI is InChI=1S/C44H34N12O11S3/c45-26-6-13-35(33(47)18-26)52-50-29-10-3-24-16-39(69(62,63)64)41(43(57)31(24)20-29)55-49-28-8-1-22(2-9-28)23-5-12-37(38(15-23)68(59,60)61)54-56-42-40(70(65,66)67)17-25-4-11-30(21-32(25)44(42)58)51-53-36-14-7-27(46)19-34(36)48/h1-21,57-58H,45-48H2,(H,59,60,61)(H,62,63,64)(H,65,66,67). The van der Waals surface area contributed by atoms with Gasteiger partial charge in [0.25, 0.3) is 30.4 Å². The quantitative estimate of drug-likeness (QED) is 0.0312. The largest absolute Gasteiger partial charge is 0.505 e. The first kappa shape index (κ1) is 47.7. The Morgan fingerprint density at radius 3 is 1.19 bits per heavy atom. The third kappa shape index (κ3) is 10.2. The molecule has 0 aliphatic rings. The Bertz CT molecular complexity index is 3950. The third-order valence-corrected chi connectivity index (χ3v) is 12.9. The molecule has 0 heterocycles. The first-order valence-electron chi connectivity index (χ1n) is 19.8. The third-order valence-electron chi connectivity index (χ3n) is 10.2. The minimum absolute atomic E-state index is 0.0141. The van der Waals surface area contributed by atoms with Gasteiger partial charge in [-0.05, 0) is 119 Å². The van der Waals surface area contributed by atoms with E-state index in [-0.39, 0.29) is 61.2 Å². The lowest BCUT2D eigenvalue weighted by atomic mass is 10.1. The molecule has 0 amide bonds. The van der Waals surface area contributed by atoms with Crippen LogP contribution in [-0.4, -0.2) is 49.1 Å². The van der Waals surface area contributed by atoms with Crippen LogP contribution in [0, 0.1) is 0 Å². The van der Waals surface area contributed by atoms with E-state index in [0.717, 1.165) is 24.3 Å². The molecule has 8 aromatic rings. The van der Waals surface area contributed by atoms with Gasteiger partial charge in [0.1, 0.15) is 43.1 Å². The van der Waals surface area contributed by atoms with E-state index < -0.39 is 73.6 Å². The maximum Gasteiger partial charge on any atom is 0.296 e. The molecular weight excluding hydrogens is 969 g/mol. The molecule has 0 atom stereocenters. The molecule has 23 nitrogen and oxygen atoms in total. The molecule has 0 fully saturated rings. The molecule has 0 bridgehead atoms. The van der Waals surface area contributed by atoms with Gasteiger partial charge in [-0.25, -0.2) is 0 Å². The van der Waals surface area contributed by atoms with E-state index >= 15 is 0 Å². The molecule has 26 heteroatoms. The van der Waals surface area contributed by atoms with E-state index in [1.54, 1.807) is 18.2 Å². The van der Waals surface area contributed by atoms with Crippen molar-refractivity contribution in [3.8, 4) is 22.6 Å². The van der Waals surface area contributed by atoms with Gasteiger partial charge in [0.2, 0.25) is 0 Å². The van der Waals surface area contributed by atoms with E-state index in [1.807, 2.05) is 0 Å². The SMILES string of the molecule is Nc1ccc(N=Nc2ccc3cc(S(=O)(=O)O)c(N=Nc4ccc(-c5ccc(N=Nc6c(S(=O)(=O)O)cc7ccc(N=Nc8ccc(N)cc8N)cc7c6O)c(S(=O)(=O)O)c5)cc4)c(O)c3c2)c(N)c1. The highest BCUT2D eigenvalue weighted by molar-refractivity contribution is 7.86. The van der Waals surface area contributed by atoms with Crippen molar-refractivity contribution in [1.29, 1.82) is 0 Å². The molecule has 0 radical (unpaired) electrons. The van der Waals surface area contributed by atoms with Crippen molar-refractivity contribution in [2.75, 3.05) is 22.9 Å². The summed E-state index contributed by atoms with van der Waals surface area (Å²) in [6.45, 7) is 0. The topological polar surface area (TPSA) is 407 Å². The van der Waals surface area contributed by atoms with E-state index in [0.29, 0.717) is 22.6 Å². The summed E-state index contributed by atoms with van der Waals surface area (Å²) in [6, 6.07) is 29.0. The van der Waals surface area contributed by atoms with Gasteiger partial charge in [-0.15, -0.1) is 25.6 Å². The van der Waals surface area contributed by atoms with Gasteiger partial charge in [-0.3, -0.25) is 13.7 Å². The Morgan fingerprint density at radius 2 is 0.743 bits per heavy atom. The summed E-state index contributed by atoms with van der Waals surface area (Å²) in [6.07, 6.45) is 0. The summed E-state index contributed by atoms with van der Waals surface area (Å²) < 4.78 is 106. The average molecular weight is 1000 g/mol. The molecule has 0 aliphatic heterocycles. The maximum atomic E-state index is 12.7. The van der Waals surface area contributed by atoms with Crippen molar-refractivity contribution in [2.24, 2.45) is 40.9 Å². The molecule has 8 rings (SSSR count). The van der Waals surface area contributed by atoms with Crippen molar-refractivity contribution in [1.82, 2.24) is 0 Å². The maximum absolute atomic E-state index is 12.7.